The number of ether oxygens (including phenoxy) is 2. The number of methoxy groups -OCH3 is 1. The average Bonchev–Trinajstić information content (AvgIpc) is 2.49. The van der Waals surface area contributed by atoms with Crippen LogP contribution in [0.3, 0.4) is 0 Å². The molecule has 3 rings (SSSR count). The highest BCUT2D eigenvalue weighted by atomic mass is 79.9. The van der Waals surface area contributed by atoms with Crippen LogP contribution in [0.5, 0.6) is 11.5 Å². The van der Waals surface area contributed by atoms with Gasteiger partial charge in [-0.15, -0.1) is 0 Å². The molecule has 2 aromatic carbocycles. The van der Waals surface area contributed by atoms with Gasteiger partial charge in [-0.2, -0.15) is 0 Å². The van der Waals surface area contributed by atoms with Crippen LogP contribution in [0, 0.1) is 0 Å². The molecule has 0 saturated carbocycles. The first kappa shape index (κ1) is 14.7. The summed E-state index contributed by atoms with van der Waals surface area (Å²) in [6.45, 7) is 0. The summed E-state index contributed by atoms with van der Waals surface area (Å²) in [7, 11) is 1.60. The van der Waals surface area contributed by atoms with Gasteiger partial charge in [-0.25, -0.2) is 0 Å². The number of rotatable bonds is 2. The maximum atomic E-state index is 10.4. The van der Waals surface area contributed by atoms with Gasteiger partial charge in [0.05, 0.1) is 13.2 Å². The lowest BCUT2D eigenvalue weighted by Gasteiger charge is -2.30. The molecule has 2 aromatic rings. The van der Waals surface area contributed by atoms with E-state index in [0.717, 1.165) is 15.6 Å². The van der Waals surface area contributed by atoms with Gasteiger partial charge in [-0.3, -0.25) is 0 Å². The van der Waals surface area contributed by atoms with Crippen molar-refractivity contribution in [3.8, 4) is 11.5 Å². The smallest absolute Gasteiger partial charge is 0.128 e. The van der Waals surface area contributed by atoms with Crippen molar-refractivity contribution in [2.24, 2.45) is 0 Å². The minimum atomic E-state index is -0.597. The first-order valence-corrected chi connectivity index (χ1v) is 7.73. The molecule has 1 N–H and O–H groups in total. The van der Waals surface area contributed by atoms with Crippen LogP contribution < -0.4 is 9.47 Å². The first-order valence-electron chi connectivity index (χ1n) is 6.56. The zero-order chi connectivity index (χ0) is 15.0. The van der Waals surface area contributed by atoms with Crippen molar-refractivity contribution in [2.75, 3.05) is 7.11 Å². The van der Waals surface area contributed by atoms with E-state index >= 15 is 0 Å². The molecule has 0 aromatic heterocycles. The number of benzene rings is 2. The van der Waals surface area contributed by atoms with Crippen LogP contribution in [0.25, 0.3) is 0 Å². The van der Waals surface area contributed by atoms with Gasteiger partial charge in [0, 0.05) is 27.0 Å². The fourth-order valence-electron chi connectivity index (χ4n) is 2.50. The van der Waals surface area contributed by atoms with Gasteiger partial charge in [-0.1, -0.05) is 27.5 Å². The molecule has 1 heterocycles. The molecule has 0 radical (unpaired) electrons. The first-order chi connectivity index (χ1) is 10.1. The van der Waals surface area contributed by atoms with Crippen molar-refractivity contribution in [1.29, 1.82) is 0 Å². The normalized spacial score (nSPS) is 20.6. The second-order valence-corrected chi connectivity index (χ2v) is 6.22. The minimum Gasteiger partial charge on any atom is -0.497 e. The predicted octanol–water partition coefficient (Wildman–Crippen LogP) is 4.67. The molecule has 0 bridgehead atoms. The SMILES string of the molecule is COc1ccc2c(c1)C(O)CC(c1cc(Cl)ccc1Br)O2. The van der Waals surface area contributed by atoms with E-state index < -0.39 is 6.10 Å². The topological polar surface area (TPSA) is 38.7 Å². The van der Waals surface area contributed by atoms with Crippen LogP contribution in [-0.2, 0) is 0 Å². The van der Waals surface area contributed by atoms with E-state index in [1.54, 1.807) is 7.11 Å². The lowest BCUT2D eigenvalue weighted by molar-refractivity contribution is 0.0651. The van der Waals surface area contributed by atoms with Crippen molar-refractivity contribution < 1.29 is 14.6 Å². The van der Waals surface area contributed by atoms with Gasteiger partial charge in [0.2, 0.25) is 0 Å². The van der Waals surface area contributed by atoms with Gasteiger partial charge in [0.1, 0.15) is 17.6 Å². The monoisotopic (exact) mass is 368 g/mol. The molecule has 0 aliphatic carbocycles. The Morgan fingerprint density at radius 1 is 1.24 bits per heavy atom. The lowest BCUT2D eigenvalue weighted by Crippen LogP contribution is -2.19. The fraction of sp³-hybridized carbons (Fsp3) is 0.250. The summed E-state index contributed by atoms with van der Waals surface area (Å²) in [5.74, 6) is 1.38. The number of fused-ring (bicyclic) bond motifs is 1. The molecule has 3 nitrogen and oxygen atoms in total. The second kappa shape index (κ2) is 5.87. The van der Waals surface area contributed by atoms with Gasteiger partial charge in [0.15, 0.2) is 0 Å². The molecule has 0 saturated heterocycles. The third-order valence-corrected chi connectivity index (χ3v) is 4.54. The molecular formula is C16H14BrClO3. The number of halogens is 2. The van der Waals surface area contributed by atoms with Crippen molar-refractivity contribution in [2.45, 2.75) is 18.6 Å². The Bertz CT molecular complexity index is 675. The van der Waals surface area contributed by atoms with Crippen LogP contribution in [0.4, 0.5) is 0 Å². The highest BCUT2D eigenvalue weighted by molar-refractivity contribution is 9.10. The summed E-state index contributed by atoms with van der Waals surface area (Å²) in [4.78, 5) is 0. The molecule has 5 heteroatoms. The molecule has 21 heavy (non-hydrogen) atoms. The molecule has 2 atom stereocenters. The fourth-order valence-corrected chi connectivity index (χ4v) is 3.19. The number of aliphatic hydroxyl groups is 1. The molecule has 0 amide bonds. The summed E-state index contributed by atoms with van der Waals surface area (Å²) < 4.78 is 12.1. The molecule has 1 aliphatic heterocycles. The van der Waals surface area contributed by atoms with Gasteiger partial charge >= 0.3 is 0 Å². The van der Waals surface area contributed by atoms with Crippen LogP contribution in [0.15, 0.2) is 40.9 Å². The molecule has 2 unspecified atom stereocenters. The Kier molecular flexibility index (Phi) is 4.11. The van der Waals surface area contributed by atoms with E-state index in [-0.39, 0.29) is 6.10 Å². The summed E-state index contributed by atoms with van der Waals surface area (Å²) in [5, 5.41) is 11.0. The average molecular weight is 370 g/mol. The molecule has 110 valence electrons. The van der Waals surface area contributed by atoms with Gasteiger partial charge in [-0.05, 0) is 36.4 Å². The van der Waals surface area contributed by atoms with E-state index in [4.69, 9.17) is 21.1 Å². The minimum absolute atomic E-state index is 0.242. The molecule has 0 spiro atoms. The van der Waals surface area contributed by atoms with Gasteiger partial charge in [0.25, 0.3) is 0 Å². The number of hydrogen-bond acceptors (Lipinski definition) is 3. The van der Waals surface area contributed by atoms with E-state index in [9.17, 15) is 5.11 Å². The van der Waals surface area contributed by atoms with Crippen LogP contribution >= 0.6 is 27.5 Å². The summed E-state index contributed by atoms with van der Waals surface area (Å²) >= 11 is 9.57. The Morgan fingerprint density at radius 2 is 2.05 bits per heavy atom. The Hall–Kier alpha value is -1.23. The van der Waals surface area contributed by atoms with Crippen molar-refractivity contribution in [1.82, 2.24) is 0 Å². The molecule has 0 fully saturated rings. The number of hydrogen-bond donors (Lipinski definition) is 1. The van der Waals surface area contributed by atoms with Crippen LogP contribution in [0.2, 0.25) is 5.02 Å². The van der Waals surface area contributed by atoms with Gasteiger partial charge < -0.3 is 14.6 Å². The van der Waals surface area contributed by atoms with E-state index in [1.165, 1.54) is 0 Å². The van der Waals surface area contributed by atoms with Crippen molar-refractivity contribution in [3.05, 3.63) is 57.0 Å². The molecule has 1 aliphatic rings. The van der Waals surface area contributed by atoms with Crippen molar-refractivity contribution >= 4 is 27.5 Å². The van der Waals surface area contributed by atoms with E-state index in [1.807, 2.05) is 36.4 Å². The quantitative estimate of drug-likeness (QED) is 0.836. The Labute approximate surface area is 136 Å². The van der Waals surface area contributed by atoms with E-state index in [0.29, 0.717) is 22.9 Å². The highest BCUT2D eigenvalue weighted by Crippen LogP contribution is 2.44. The third kappa shape index (κ3) is 2.89. The second-order valence-electron chi connectivity index (χ2n) is 4.93. The predicted molar refractivity (Wildman–Crippen MR) is 85.1 cm³/mol. The highest BCUT2D eigenvalue weighted by Gasteiger charge is 2.29. The summed E-state index contributed by atoms with van der Waals surface area (Å²) in [6.07, 6.45) is -0.368. The maximum Gasteiger partial charge on any atom is 0.128 e. The molecular weight excluding hydrogens is 356 g/mol. The lowest BCUT2D eigenvalue weighted by atomic mass is 9.95. The zero-order valence-electron chi connectivity index (χ0n) is 11.3. The standard InChI is InChI=1S/C16H14BrClO3/c1-20-10-3-5-15-12(7-10)14(19)8-16(21-15)11-6-9(18)2-4-13(11)17/h2-7,14,16,19H,8H2,1H3. The van der Waals surface area contributed by atoms with E-state index in [2.05, 4.69) is 15.9 Å². The summed E-state index contributed by atoms with van der Waals surface area (Å²) in [5.41, 5.74) is 1.69. The zero-order valence-corrected chi connectivity index (χ0v) is 13.7. The van der Waals surface area contributed by atoms with Crippen LogP contribution in [-0.4, -0.2) is 12.2 Å². The van der Waals surface area contributed by atoms with Crippen LogP contribution in [0.1, 0.15) is 29.8 Å². The Morgan fingerprint density at radius 3 is 2.81 bits per heavy atom. The largest absolute Gasteiger partial charge is 0.497 e. The Balaban J connectivity index is 1.96. The number of aliphatic hydroxyl groups excluding tert-OH is 1. The van der Waals surface area contributed by atoms with Crippen molar-refractivity contribution in [3.63, 3.8) is 0 Å². The third-order valence-electron chi connectivity index (χ3n) is 3.59. The maximum absolute atomic E-state index is 10.4. The summed E-state index contributed by atoms with van der Waals surface area (Å²) in [6, 6.07) is 11.0.